The number of benzene rings is 2. The summed E-state index contributed by atoms with van der Waals surface area (Å²) in [5.41, 5.74) is 1.98. The fraction of sp³-hybridized carbons (Fsp3) is 0.235. The van der Waals surface area contributed by atoms with Gasteiger partial charge in [-0.15, -0.1) is 0 Å². The average Bonchev–Trinajstić information content (AvgIpc) is 2.98. The van der Waals surface area contributed by atoms with Crippen LogP contribution in [0.2, 0.25) is 0 Å². The first-order valence-electron chi connectivity index (χ1n) is 7.20. The number of methoxy groups -OCH3 is 1. The van der Waals surface area contributed by atoms with Crippen LogP contribution in [0.4, 0.5) is 24.5 Å². The van der Waals surface area contributed by atoms with Gasteiger partial charge >= 0.3 is 6.18 Å². The Balaban J connectivity index is 1.99. The molecular weight excluding hydrogens is 319 g/mol. The summed E-state index contributed by atoms with van der Waals surface area (Å²) in [6.45, 7) is 0.872. The van der Waals surface area contributed by atoms with Crippen molar-refractivity contribution in [1.29, 1.82) is 5.26 Å². The van der Waals surface area contributed by atoms with Gasteiger partial charge in [0.2, 0.25) is 0 Å². The van der Waals surface area contributed by atoms with Crippen molar-refractivity contribution in [1.82, 2.24) is 4.90 Å². The molecule has 0 unspecified atom stereocenters. The summed E-state index contributed by atoms with van der Waals surface area (Å²) in [6, 6.07) is 8.59. The van der Waals surface area contributed by atoms with Crippen LogP contribution in [0.15, 0.2) is 36.4 Å². The monoisotopic (exact) mass is 333 g/mol. The molecule has 3 rings (SSSR count). The van der Waals surface area contributed by atoms with Crippen LogP contribution in [0, 0.1) is 11.5 Å². The maximum absolute atomic E-state index is 12.9. The van der Waals surface area contributed by atoms with Crippen molar-refractivity contribution >= 4 is 11.4 Å². The van der Waals surface area contributed by atoms with Crippen molar-refractivity contribution in [2.24, 2.45) is 0 Å². The Bertz CT molecular complexity index is 812. The first-order valence-corrected chi connectivity index (χ1v) is 7.20. The standard InChI is InChI=1S/C17H14F3N3O/c1-24-15-6-5-11-8-23(10-21)9-14(11)16(15)22-13-4-2-3-12(7-13)17(18,19)20/h2-7,22H,8-9H2,1H3. The van der Waals surface area contributed by atoms with Crippen molar-refractivity contribution in [2.75, 3.05) is 12.4 Å². The predicted octanol–water partition coefficient (Wildman–Crippen LogP) is 4.25. The third-order valence-electron chi connectivity index (χ3n) is 3.90. The van der Waals surface area contributed by atoms with Crippen molar-refractivity contribution in [2.45, 2.75) is 19.3 Å². The lowest BCUT2D eigenvalue weighted by molar-refractivity contribution is -0.137. The molecule has 0 fully saturated rings. The molecule has 0 saturated carbocycles. The van der Waals surface area contributed by atoms with E-state index in [1.807, 2.05) is 6.07 Å². The highest BCUT2D eigenvalue weighted by atomic mass is 19.4. The number of nitrogens with one attached hydrogen (secondary N) is 1. The fourth-order valence-electron chi connectivity index (χ4n) is 2.75. The lowest BCUT2D eigenvalue weighted by atomic mass is 10.1. The van der Waals surface area contributed by atoms with Gasteiger partial charge in [0, 0.05) is 11.3 Å². The maximum Gasteiger partial charge on any atom is 0.416 e. The molecule has 0 spiro atoms. The summed E-state index contributed by atoms with van der Waals surface area (Å²) in [4.78, 5) is 1.57. The molecule has 7 heteroatoms. The number of hydrogen-bond acceptors (Lipinski definition) is 4. The van der Waals surface area contributed by atoms with Crippen molar-refractivity contribution < 1.29 is 17.9 Å². The highest BCUT2D eigenvalue weighted by molar-refractivity contribution is 5.72. The first-order chi connectivity index (χ1) is 11.4. The van der Waals surface area contributed by atoms with Crippen LogP contribution < -0.4 is 10.1 Å². The number of hydrogen-bond donors (Lipinski definition) is 1. The van der Waals surface area contributed by atoms with E-state index >= 15 is 0 Å². The van der Waals surface area contributed by atoms with E-state index in [9.17, 15) is 13.2 Å². The van der Waals surface area contributed by atoms with Gasteiger partial charge < -0.3 is 15.0 Å². The third kappa shape index (κ3) is 2.95. The SMILES string of the molecule is COc1ccc2c(c1Nc1cccc(C(F)(F)F)c1)CN(C#N)C2. The quantitative estimate of drug-likeness (QED) is 0.853. The van der Waals surface area contributed by atoms with E-state index in [1.165, 1.54) is 13.2 Å². The summed E-state index contributed by atoms with van der Waals surface area (Å²) in [5, 5.41) is 12.1. The smallest absolute Gasteiger partial charge is 0.416 e. The number of nitrogens with zero attached hydrogens (tertiary/aromatic N) is 2. The number of nitriles is 1. The van der Waals surface area contributed by atoms with E-state index in [2.05, 4.69) is 11.5 Å². The number of fused-ring (bicyclic) bond motifs is 1. The van der Waals surface area contributed by atoms with Crippen LogP contribution in [-0.2, 0) is 19.3 Å². The van der Waals surface area contributed by atoms with E-state index in [4.69, 9.17) is 10.00 Å². The summed E-state index contributed by atoms with van der Waals surface area (Å²) in [5.74, 6) is 0.519. The maximum atomic E-state index is 12.9. The van der Waals surface area contributed by atoms with Crippen molar-refractivity contribution in [3.63, 3.8) is 0 Å². The number of alkyl halides is 3. The highest BCUT2D eigenvalue weighted by Crippen LogP contribution is 2.39. The Morgan fingerprint density at radius 2 is 2.00 bits per heavy atom. The molecule has 0 aliphatic carbocycles. The van der Waals surface area contributed by atoms with Gasteiger partial charge in [-0.2, -0.15) is 18.4 Å². The highest BCUT2D eigenvalue weighted by Gasteiger charge is 2.30. The topological polar surface area (TPSA) is 48.3 Å². The molecule has 124 valence electrons. The van der Waals surface area contributed by atoms with Crippen LogP contribution >= 0.6 is 0 Å². The van der Waals surface area contributed by atoms with Crippen molar-refractivity contribution in [3.8, 4) is 11.9 Å². The molecule has 4 nitrogen and oxygen atoms in total. The second-order valence-electron chi connectivity index (χ2n) is 5.44. The molecule has 0 atom stereocenters. The Morgan fingerprint density at radius 1 is 1.21 bits per heavy atom. The van der Waals surface area contributed by atoms with Gasteiger partial charge in [-0.1, -0.05) is 12.1 Å². The van der Waals surface area contributed by atoms with Gasteiger partial charge in [-0.25, -0.2) is 0 Å². The molecule has 0 bridgehead atoms. The normalized spacial score (nSPS) is 13.4. The second kappa shape index (κ2) is 5.96. The Morgan fingerprint density at radius 3 is 2.67 bits per heavy atom. The van der Waals surface area contributed by atoms with Crippen LogP contribution in [0.3, 0.4) is 0 Å². The molecule has 1 aliphatic heterocycles. The van der Waals surface area contributed by atoms with Gasteiger partial charge in [-0.3, -0.25) is 0 Å². The molecule has 1 N–H and O–H groups in total. The van der Waals surface area contributed by atoms with E-state index in [0.717, 1.165) is 23.3 Å². The van der Waals surface area contributed by atoms with Crippen LogP contribution in [-0.4, -0.2) is 12.0 Å². The van der Waals surface area contributed by atoms with E-state index in [-0.39, 0.29) is 0 Å². The summed E-state index contributed by atoms with van der Waals surface area (Å²) in [6.07, 6.45) is -2.32. The van der Waals surface area contributed by atoms with E-state index < -0.39 is 11.7 Å². The van der Waals surface area contributed by atoms with Gasteiger partial charge in [0.15, 0.2) is 6.19 Å². The van der Waals surface area contributed by atoms with Gasteiger partial charge in [-0.05, 0) is 29.8 Å². The molecule has 1 heterocycles. The molecule has 0 aromatic heterocycles. The molecule has 0 saturated heterocycles. The Hall–Kier alpha value is -2.88. The molecular formula is C17H14F3N3O. The molecule has 0 radical (unpaired) electrons. The van der Waals surface area contributed by atoms with Gasteiger partial charge in [0.05, 0.1) is 31.5 Å². The Kier molecular flexibility index (Phi) is 3.97. The molecule has 2 aromatic rings. The summed E-state index contributed by atoms with van der Waals surface area (Å²) < 4.78 is 43.9. The van der Waals surface area contributed by atoms with E-state index in [1.54, 1.807) is 17.0 Å². The number of halogens is 3. The van der Waals surface area contributed by atoms with E-state index in [0.29, 0.717) is 30.2 Å². The zero-order valence-corrected chi connectivity index (χ0v) is 12.8. The summed E-state index contributed by atoms with van der Waals surface area (Å²) in [7, 11) is 1.50. The largest absolute Gasteiger partial charge is 0.495 e. The third-order valence-corrected chi connectivity index (χ3v) is 3.90. The lowest BCUT2D eigenvalue weighted by Gasteiger charge is -2.16. The minimum Gasteiger partial charge on any atom is -0.495 e. The minimum atomic E-state index is -4.40. The second-order valence-corrected chi connectivity index (χ2v) is 5.44. The molecule has 0 amide bonds. The van der Waals surface area contributed by atoms with Gasteiger partial charge in [0.25, 0.3) is 0 Å². The van der Waals surface area contributed by atoms with Gasteiger partial charge in [0.1, 0.15) is 5.75 Å². The number of ether oxygens (including phenoxy) is 1. The Labute approximate surface area is 137 Å². The van der Waals surface area contributed by atoms with Crippen LogP contribution in [0.25, 0.3) is 0 Å². The zero-order valence-electron chi connectivity index (χ0n) is 12.8. The first kappa shape index (κ1) is 16.0. The molecule has 2 aromatic carbocycles. The van der Waals surface area contributed by atoms with Crippen LogP contribution in [0.5, 0.6) is 5.75 Å². The fourth-order valence-corrected chi connectivity index (χ4v) is 2.75. The number of rotatable bonds is 3. The zero-order chi connectivity index (χ0) is 17.3. The average molecular weight is 333 g/mol. The lowest BCUT2D eigenvalue weighted by Crippen LogP contribution is -2.08. The minimum absolute atomic E-state index is 0.312. The number of anilines is 2. The molecule has 1 aliphatic rings. The predicted molar refractivity (Wildman–Crippen MR) is 82.6 cm³/mol. The summed E-state index contributed by atoms with van der Waals surface area (Å²) >= 11 is 0. The molecule has 24 heavy (non-hydrogen) atoms. The van der Waals surface area contributed by atoms with Crippen LogP contribution in [0.1, 0.15) is 16.7 Å². The van der Waals surface area contributed by atoms with Crippen molar-refractivity contribution in [3.05, 3.63) is 53.1 Å².